The second-order valence-electron chi connectivity index (χ2n) is 14.1. The number of anilines is 2. The fourth-order valence-electron chi connectivity index (χ4n) is 9.31. The van der Waals surface area contributed by atoms with Gasteiger partial charge in [-0.25, -0.2) is 9.37 Å². The first-order valence-electron chi connectivity index (χ1n) is 16.9. The summed E-state index contributed by atoms with van der Waals surface area (Å²) in [6, 6.07) is 9.10. The Hall–Kier alpha value is -3.73. The first kappa shape index (κ1) is 29.4. The van der Waals surface area contributed by atoms with Crippen molar-refractivity contribution in [2.45, 2.75) is 75.0 Å². The Kier molecular flexibility index (Phi) is 6.82. The Balaban J connectivity index is 1.28. The number of halogens is 2. The minimum atomic E-state index is -0.616. The van der Waals surface area contributed by atoms with E-state index in [1.54, 1.807) is 36.3 Å². The molecule has 244 valence electrons. The zero-order valence-electron chi connectivity index (χ0n) is 26.4. The van der Waals surface area contributed by atoms with Gasteiger partial charge in [-0.05, 0) is 81.6 Å². The van der Waals surface area contributed by atoms with Gasteiger partial charge in [0.05, 0.1) is 11.2 Å². The van der Waals surface area contributed by atoms with Gasteiger partial charge in [-0.15, -0.1) is 0 Å². The van der Waals surface area contributed by atoms with Gasteiger partial charge < -0.3 is 25.0 Å². The van der Waals surface area contributed by atoms with Crippen molar-refractivity contribution in [2.75, 3.05) is 43.1 Å². The number of amides is 1. The fraction of sp³-hybridized carbons (Fsp3) is 0.472. The summed E-state index contributed by atoms with van der Waals surface area (Å²) >= 11 is 6.65. The molecule has 4 saturated heterocycles. The van der Waals surface area contributed by atoms with Crippen molar-refractivity contribution in [3.8, 4) is 22.9 Å². The molecule has 7 heterocycles. The summed E-state index contributed by atoms with van der Waals surface area (Å²) in [6.45, 7) is 3.28. The zero-order valence-corrected chi connectivity index (χ0v) is 27.2. The highest BCUT2D eigenvalue weighted by Gasteiger charge is 2.47. The van der Waals surface area contributed by atoms with E-state index in [0.29, 0.717) is 57.9 Å². The Bertz CT molecular complexity index is 1950. The number of hydrogen-bond donors (Lipinski definition) is 2. The van der Waals surface area contributed by atoms with Crippen LogP contribution in [0.25, 0.3) is 32.9 Å². The lowest BCUT2D eigenvalue weighted by Crippen LogP contribution is -2.59. The monoisotopic (exact) mass is 656 g/mol. The van der Waals surface area contributed by atoms with Crippen LogP contribution in [0.3, 0.4) is 0 Å². The topological polar surface area (TPSA) is 94.1 Å². The minimum Gasteiger partial charge on any atom is -0.508 e. The van der Waals surface area contributed by atoms with Crippen LogP contribution in [-0.2, 0) is 4.79 Å². The molecule has 3 unspecified atom stereocenters. The lowest BCUT2D eigenvalue weighted by Gasteiger charge is -2.45. The quantitative estimate of drug-likeness (QED) is 0.276. The molecule has 11 heteroatoms. The number of aromatic hydroxyl groups is 1. The number of fused-ring (bicyclic) bond motifs is 10. The van der Waals surface area contributed by atoms with Crippen LogP contribution in [-0.4, -0.2) is 82.8 Å². The zero-order chi connectivity index (χ0) is 32.0. The van der Waals surface area contributed by atoms with E-state index < -0.39 is 5.82 Å². The van der Waals surface area contributed by atoms with Crippen molar-refractivity contribution in [3.05, 3.63) is 47.4 Å². The Morgan fingerprint density at radius 1 is 1.15 bits per heavy atom. The Morgan fingerprint density at radius 2 is 1.98 bits per heavy atom. The number of ether oxygens (including phenoxy) is 1. The van der Waals surface area contributed by atoms with Crippen molar-refractivity contribution in [3.63, 3.8) is 0 Å². The predicted molar refractivity (Wildman–Crippen MR) is 181 cm³/mol. The highest BCUT2D eigenvalue weighted by atomic mass is 35.5. The van der Waals surface area contributed by atoms with E-state index in [0.717, 1.165) is 63.8 Å². The van der Waals surface area contributed by atoms with Gasteiger partial charge in [0.2, 0.25) is 11.8 Å². The Labute approximate surface area is 277 Å². The molecular formula is C36H38ClFN6O3. The number of hydrogen-bond acceptors (Lipinski definition) is 8. The summed E-state index contributed by atoms with van der Waals surface area (Å²) in [6.07, 6.45) is 9.23. The van der Waals surface area contributed by atoms with E-state index in [9.17, 15) is 9.90 Å². The van der Waals surface area contributed by atoms with Gasteiger partial charge >= 0.3 is 0 Å². The number of nitrogens with zero attached hydrogens (tertiary/aromatic N) is 5. The maximum atomic E-state index is 17.2. The number of aromatic nitrogens is 2. The van der Waals surface area contributed by atoms with Crippen LogP contribution >= 0.6 is 11.6 Å². The largest absolute Gasteiger partial charge is 0.508 e. The molecule has 0 radical (unpaired) electrons. The molecule has 4 fully saturated rings. The van der Waals surface area contributed by atoms with Crippen molar-refractivity contribution >= 4 is 50.6 Å². The van der Waals surface area contributed by atoms with Crippen LogP contribution in [0.1, 0.15) is 51.4 Å². The summed E-state index contributed by atoms with van der Waals surface area (Å²) < 4.78 is 23.9. The number of pyridine rings is 2. The van der Waals surface area contributed by atoms with E-state index >= 15 is 4.39 Å². The normalized spacial score (nSPS) is 25.2. The van der Waals surface area contributed by atoms with Crippen LogP contribution in [0.2, 0.25) is 5.02 Å². The third-order valence-corrected chi connectivity index (χ3v) is 11.9. The second-order valence-corrected chi connectivity index (χ2v) is 14.5. The van der Waals surface area contributed by atoms with Gasteiger partial charge in [-0.2, -0.15) is 0 Å². The summed E-state index contributed by atoms with van der Waals surface area (Å²) in [5, 5.41) is 16.7. The van der Waals surface area contributed by atoms with Gasteiger partial charge in [-0.1, -0.05) is 23.7 Å². The predicted octanol–water partition coefficient (Wildman–Crippen LogP) is 6.02. The summed E-state index contributed by atoms with van der Waals surface area (Å²) in [7, 11) is 1.79. The molecule has 0 spiro atoms. The van der Waals surface area contributed by atoms with E-state index in [4.69, 9.17) is 26.3 Å². The van der Waals surface area contributed by atoms with Gasteiger partial charge in [0, 0.05) is 65.7 Å². The van der Waals surface area contributed by atoms with Crippen LogP contribution in [0.5, 0.6) is 11.6 Å². The Morgan fingerprint density at radius 3 is 2.81 bits per heavy atom. The highest BCUT2D eigenvalue weighted by Crippen LogP contribution is 2.49. The number of phenolic OH excluding ortho intramolecular Hbond substituents is 1. The molecule has 5 aliphatic rings. The molecule has 0 saturated carbocycles. The lowest BCUT2D eigenvalue weighted by molar-refractivity contribution is -0.118. The summed E-state index contributed by atoms with van der Waals surface area (Å²) in [5.41, 5.74) is 1.85. The first-order valence-corrected chi connectivity index (χ1v) is 17.3. The van der Waals surface area contributed by atoms with E-state index in [-0.39, 0.29) is 46.4 Å². The number of carbonyl (C=O) groups excluding carboxylic acids is 1. The third-order valence-electron chi connectivity index (χ3n) is 11.6. The van der Waals surface area contributed by atoms with Crippen LogP contribution < -0.4 is 19.9 Å². The molecule has 2 aromatic heterocycles. The first-order chi connectivity index (χ1) is 22.8. The molecular weight excluding hydrogens is 619 g/mol. The van der Waals surface area contributed by atoms with Crippen molar-refractivity contribution in [2.24, 2.45) is 0 Å². The second kappa shape index (κ2) is 10.9. The molecule has 1 amide bonds. The van der Waals surface area contributed by atoms with Crippen LogP contribution in [0, 0.1) is 5.82 Å². The van der Waals surface area contributed by atoms with Gasteiger partial charge in [-0.3, -0.25) is 14.7 Å². The average Bonchev–Trinajstić information content (AvgIpc) is 3.76. The molecule has 3 atom stereocenters. The molecule has 2 N–H and O–H groups in total. The van der Waals surface area contributed by atoms with Crippen molar-refractivity contribution in [1.82, 2.24) is 20.2 Å². The van der Waals surface area contributed by atoms with Gasteiger partial charge in [0.25, 0.3) is 0 Å². The van der Waals surface area contributed by atoms with Crippen LogP contribution in [0.4, 0.5) is 15.8 Å². The number of benzene rings is 2. The maximum Gasteiger partial charge on any atom is 0.240 e. The number of piperazine rings is 1. The maximum absolute atomic E-state index is 17.2. The fourth-order valence-corrected chi connectivity index (χ4v) is 9.59. The van der Waals surface area contributed by atoms with Gasteiger partial charge in [0.15, 0.2) is 5.82 Å². The SMILES string of the molecule is CN1C(=O)CCC2C3CCC(CN2c2c1c(OCC14CCCN1CCC4)nc1c(F)c(-c4cc(O)cc5cccc(Cl)c45)ncc21)N3. The number of carbonyl (C=O) groups is 1. The lowest BCUT2D eigenvalue weighted by atomic mass is 9.94. The molecule has 2 aromatic carbocycles. The van der Waals surface area contributed by atoms with Crippen LogP contribution in [0.15, 0.2) is 36.5 Å². The van der Waals surface area contributed by atoms with Crippen molar-refractivity contribution < 1.29 is 19.0 Å². The molecule has 9 nitrogen and oxygen atoms in total. The molecule has 4 aromatic rings. The molecule has 47 heavy (non-hydrogen) atoms. The smallest absolute Gasteiger partial charge is 0.240 e. The van der Waals surface area contributed by atoms with E-state index in [2.05, 4.69) is 15.1 Å². The van der Waals surface area contributed by atoms with Crippen molar-refractivity contribution in [1.29, 1.82) is 0 Å². The number of rotatable bonds is 4. The molecule has 5 aliphatic heterocycles. The molecule has 0 aliphatic carbocycles. The minimum absolute atomic E-state index is 0.00975. The third kappa shape index (κ3) is 4.51. The number of phenols is 1. The summed E-state index contributed by atoms with van der Waals surface area (Å²) in [5.74, 6) is -0.362. The van der Waals surface area contributed by atoms with E-state index in [1.807, 2.05) is 6.07 Å². The summed E-state index contributed by atoms with van der Waals surface area (Å²) in [4.78, 5) is 29.9. The van der Waals surface area contributed by atoms with E-state index in [1.165, 1.54) is 6.07 Å². The molecule has 2 bridgehead atoms. The standard InChI is InChI=1S/C36H38ClFN6O3/c1-42-28(46)10-9-27-26-8-7-21(40-26)18-44(27)33-24-17-39-31(23-16-22(45)15-20-5-2-6-25(37)29(20)23)30(38)32(24)41-35(34(33)42)47-19-36-11-3-13-43(36)14-4-12-36/h2,5-6,15-17,21,26-27,40,45H,3-4,7-14,18-19H2,1H3. The molecule has 9 rings (SSSR count). The average molecular weight is 657 g/mol. The highest BCUT2D eigenvalue weighted by molar-refractivity contribution is 6.36. The van der Waals surface area contributed by atoms with Gasteiger partial charge in [0.1, 0.15) is 29.3 Å². The number of nitrogens with one attached hydrogen (secondary N) is 1.